The van der Waals surface area contributed by atoms with Gasteiger partial charge in [-0.25, -0.2) is 0 Å². The number of nitrogens with zero attached hydrogens (tertiary/aromatic N) is 1. The fourth-order valence-corrected chi connectivity index (χ4v) is 1.60. The summed E-state index contributed by atoms with van der Waals surface area (Å²) in [6.07, 6.45) is 0. The van der Waals surface area contributed by atoms with Crippen LogP contribution in [-0.4, -0.2) is 11.6 Å². The Bertz CT molecular complexity index is 357. The molecule has 0 aliphatic rings. The summed E-state index contributed by atoms with van der Waals surface area (Å²) in [7, 11) is 0. The third-order valence-electron chi connectivity index (χ3n) is 1.97. The molecule has 1 unspecified atom stereocenters. The summed E-state index contributed by atoms with van der Waals surface area (Å²) < 4.78 is 12.9. The molecule has 1 aromatic carbocycles. The van der Waals surface area contributed by atoms with Crippen molar-refractivity contribution in [1.82, 2.24) is 0 Å². The van der Waals surface area contributed by atoms with Crippen LogP contribution in [0.15, 0.2) is 18.2 Å². The van der Waals surface area contributed by atoms with Crippen LogP contribution in [0.25, 0.3) is 0 Å². The van der Waals surface area contributed by atoms with Gasteiger partial charge in [0, 0.05) is 12.0 Å². The lowest BCUT2D eigenvalue weighted by molar-refractivity contribution is -0.385. The Morgan fingerprint density at radius 3 is 2.79 bits per heavy atom. The second kappa shape index (κ2) is 4.68. The Labute approximate surface area is 94.6 Å². The van der Waals surface area contributed by atoms with Gasteiger partial charge in [-0.05, 0) is 34.2 Å². The standard InChI is InChI=1S/C9H9FINO2/c1-6(5-10)7-2-3-8(11)9(4-7)12(13)14/h2-4,6H,5H2,1H3. The topological polar surface area (TPSA) is 43.1 Å². The second-order valence-corrected chi connectivity index (χ2v) is 4.19. The van der Waals surface area contributed by atoms with Crippen LogP contribution < -0.4 is 0 Å². The first-order valence-electron chi connectivity index (χ1n) is 4.06. The van der Waals surface area contributed by atoms with E-state index in [1.807, 2.05) is 22.6 Å². The monoisotopic (exact) mass is 309 g/mol. The SMILES string of the molecule is CC(CF)c1ccc(I)c([N+](=O)[O-])c1. The van der Waals surface area contributed by atoms with E-state index < -0.39 is 11.6 Å². The molecule has 1 atom stereocenters. The average Bonchev–Trinajstić information content (AvgIpc) is 2.17. The van der Waals surface area contributed by atoms with Gasteiger partial charge < -0.3 is 0 Å². The summed E-state index contributed by atoms with van der Waals surface area (Å²) in [6, 6.07) is 4.80. The lowest BCUT2D eigenvalue weighted by Crippen LogP contribution is -1.98. The third kappa shape index (κ3) is 2.40. The van der Waals surface area contributed by atoms with Gasteiger partial charge in [0.1, 0.15) is 0 Å². The van der Waals surface area contributed by atoms with Gasteiger partial charge in [-0.15, -0.1) is 0 Å². The highest BCUT2D eigenvalue weighted by Gasteiger charge is 2.14. The van der Waals surface area contributed by atoms with Crippen molar-refractivity contribution >= 4 is 28.3 Å². The highest BCUT2D eigenvalue weighted by atomic mass is 127. The van der Waals surface area contributed by atoms with Crippen LogP contribution in [0, 0.1) is 13.7 Å². The van der Waals surface area contributed by atoms with Gasteiger partial charge >= 0.3 is 0 Å². The molecule has 0 amide bonds. The van der Waals surface area contributed by atoms with Crippen molar-refractivity contribution in [2.45, 2.75) is 12.8 Å². The molecule has 0 heterocycles. The maximum atomic E-state index is 12.3. The Hall–Kier alpha value is -0.720. The molecule has 0 aliphatic carbocycles. The summed E-state index contributed by atoms with van der Waals surface area (Å²) in [6.45, 7) is 1.20. The minimum Gasteiger partial charge on any atom is -0.258 e. The van der Waals surface area contributed by atoms with Crippen molar-refractivity contribution in [3.05, 3.63) is 37.4 Å². The number of alkyl halides is 1. The van der Waals surface area contributed by atoms with Gasteiger partial charge in [0.25, 0.3) is 5.69 Å². The van der Waals surface area contributed by atoms with Crippen LogP contribution in [-0.2, 0) is 0 Å². The van der Waals surface area contributed by atoms with Crippen LogP contribution in [0.5, 0.6) is 0 Å². The molecule has 76 valence electrons. The van der Waals surface area contributed by atoms with Crippen molar-refractivity contribution in [1.29, 1.82) is 0 Å². The molecule has 0 fully saturated rings. The number of nitro groups is 1. The first-order valence-corrected chi connectivity index (χ1v) is 5.14. The molecule has 0 N–H and O–H groups in total. The normalized spacial score (nSPS) is 12.5. The lowest BCUT2D eigenvalue weighted by Gasteiger charge is -2.06. The number of hydrogen-bond acceptors (Lipinski definition) is 2. The Balaban J connectivity index is 3.12. The van der Waals surface area contributed by atoms with Gasteiger partial charge in [0.05, 0.1) is 15.2 Å². The largest absolute Gasteiger partial charge is 0.282 e. The number of nitro benzene ring substituents is 1. The summed E-state index contributed by atoms with van der Waals surface area (Å²) in [5, 5.41) is 10.6. The van der Waals surface area contributed by atoms with E-state index in [0.717, 1.165) is 0 Å². The maximum Gasteiger partial charge on any atom is 0.282 e. The number of benzene rings is 1. The molecule has 0 radical (unpaired) electrons. The molecule has 0 spiro atoms. The third-order valence-corrected chi connectivity index (χ3v) is 2.88. The molecule has 0 bridgehead atoms. The molecule has 0 saturated heterocycles. The molecule has 0 aliphatic heterocycles. The van der Waals surface area contributed by atoms with Gasteiger partial charge in [-0.2, -0.15) is 0 Å². The van der Waals surface area contributed by atoms with Crippen LogP contribution in [0.4, 0.5) is 10.1 Å². The van der Waals surface area contributed by atoms with E-state index >= 15 is 0 Å². The van der Waals surface area contributed by atoms with E-state index in [1.54, 1.807) is 19.1 Å². The van der Waals surface area contributed by atoms with Gasteiger partial charge in [0.2, 0.25) is 0 Å². The first kappa shape index (κ1) is 11.4. The molecular weight excluding hydrogens is 300 g/mol. The predicted molar refractivity (Wildman–Crippen MR) is 60.2 cm³/mol. The summed E-state index contributed by atoms with van der Waals surface area (Å²) in [5.41, 5.74) is 0.711. The molecular formula is C9H9FINO2. The lowest BCUT2D eigenvalue weighted by atomic mass is 10.0. The second-order valence-electron chi connectivity index (χ2n) is 3.02. The molecule has 0 aromatic heterocycles. The van der Waals surface area contributed by atoms with E-state index in [4.69, 9.17) is 0 Å². The van der Waals surface area contributed by atoms with Gasteiger partial charge in [0.15, 0.2) is 0 Å². The van der Waals surface area contributed by atoms with E-state index in [0.29, 0.717) is 9.13 Å². The summed E-state index contributed by atoms with van der Waals surface area (Å²) in [5.74, 6) is -0.286. The summed E-state index contributed by atoms with van der Waals surface area (Å²) in [4.78, 5) is 10.1. The zero-order chi connectivity index (χ0) is 10.7. The fraction of sp³-hybridized carbons (Fsp3) is 0.333. The predicted octanol–water partition coefficient (Wildman–Crippen LogP) is 3.27. The number of hydrogen-bond donors (Lipinski definition) is 0. The van der Waals surface area contributed by atoms with Gasteiger partial charge in [-0.1, -0.05) is 13.0 Å². The Morgan fingerprint density at radius 1 is 1.64 bits per heavy atom. The van der Waals surface area contributed by atoms with Crippen molar-refractivity contribution in [3.63, 3.8) is 0 Å². The van der Waals surface area contributed by atoms with Crippen molar-refractivity contribution < 1.29 is 9.31 Å². The van der Waals surface area contributed by atoms with Crippen LogP contribution >= 0.6 is 22.6 Å². The molecule has 5 heteroatoms. The fourth-order valence-electron chi connectivity index (χ4n) is 1.07. The summed E-state index contributed by atoms with van der Waals surface area (Å²) >= 11 is 1.89. The minimum atomic E-state index is -0.502. The van der Waals surface area contributed by atoms with Crippen LogP contribution in [0.3, 0.4) is 0 Å². The zero-order valence-electron chi connectivity index (χ0n) is 7.54. The van der Waals surface area contributed by atoms with Gasteiger partial charge in [-0.3, -0.25) is 14.5 Å². The Kier molecular flexibility index (Phi) is 3.79. The van der Waals surface area contributed by atoms with Crippen molar-refractivity contribution in [2.75, 3.05) is 6.67 Å². The molecule has 1 rings (SSSR count). The number of halogens is 2. The zero-order valence-corrected chi connectivity index (χ0v) is 9.69. The average molecular weight is 309 g/mol. The van der Waals surface area contributed by atoms with E-state index in [9.17, 15) is 14.5 Å². The highest BCUT2D eigenvalue weighted by Crippen LogP contribution is 2.26. The minimum absolute atomic E-state index is 0.0448. The Morgan fingerprint density at radius 2 is 2.29 bits per heavy atom. The highest BCUT2D eigenvalue weighted by molar-refractivity contribution is 14.1. The molecule has 0 saturated carbocycles. The molecule has 14 heavy (non-hydrogen) atoms. The smallest absolute Gasteiger partial charge is 0.258 e. The molecule has 1 aromatic rings. The van der Waals surface area contributed by atoms with Crippen molar-refractivity contribution in [2.24, 2.45) is 0 Å². The molecule has 3 nitrogen and oxygen atoms in total. The number of rotatable bonds is 3. The maximum absolute atomic E-state index is 12.3. The van der Waals surface area contributed by atoms with E-state index in [1.165, 1.54) is 6.07 Å². The first-order chi connectivity index (χ1) is 6.56. The van der Waals surface area contributed by atoms with Crippen molar-refractivity contribution in [3.8, 4) is 0 Å². The van der Waals surface area contributed by atoms with E-state index in [-0.39, 0.29) is 11.6 Å². The van der Waals surface area contributed by atoms with Crippen LogP contribution in [0.1, 0.15) is 18.4 Å². The van der Waals surface area contributed by atoms with E-state index in [2.05, 4.69) is 0 Å². The van der Waals surface area contributed by atoms with Crippen LogP contribution in [0.2, 0.25) is 0 Å². The quantitative estimate of drug-likeness (QED) is 0.488.